The minimum atomic E-state index is -4.47. The van der Waals surface area contributed by atoms with Gasteiger partial charge >= 0.3 is 6.18 Å². The molecule has 0 radical (unpaired) electrons. The van der Waals surface area contributed by atoms with Gasteiger partial charge < -0.3 is 9.42 Å². The Kier molecular flexibility index (Phi) is 6.69. The van der Waals surface area contributed by atoms with Crippen LogP contribution in [0.5, 0.6) is 0 Å². The fraction of sp³-hybridized carbons (Fsp3) is 0.500. The highest BCUT2D eigenvalue weighted by atomic mass is 19.4. The van der Waals surface area contributed by atoms with Crippen LogP contribution >= 0.6 is 0 Å². The maximum absolute atomic E-state index is 13.0. The van der Waals surface area contributed by atoms with Gasteiger partial charge in [-0.25, -0.2) is 0 Å². The molecule has 12 heteroatoms. The molecule has 3 heterocycles. The highest BCUT2D eigenvalue weighted by Gasteiger charge is 2.32. The zero-order chi connectivity index (χ0) is 24.5. The molecule has 2 aromatic rings. The van der Waals surface area contributed by atoms with Crippen LogP contribution in [0.4, 0.5) is 13.2 Å². The van der Waals surface area contributed by atoms with Gasteiger partial charge in [-0.2, -0.15) is 18.2 Å². The second-order valence-electron chi connectivity index (χ2n) is 8.32. The van der Waals surface area contributed by atoms with E-state index < -0.39 is 11.7 Å². The number of imide groups is 1. The smallest absolute Gasteiger partial charge is 0.340 e. The first kappa shape index (κ1) is 23.9. The third-order valence-corrected chi connectivity index (χ3v) is 6.17. The number of hydrogen-bond acceptors (Lipinski definition) is 7. The molecule has 0 saturated carbocycles. The van der Waals surface area contributed by atoms with Crippen molar-refractivity contribution in [3.05, 3.63) is 35.7 Å². The van der Waals surface area contributed by atoms with Crippen molar-refractivity contribution >= 4 is 17.7 Å². The molecular formula is C22H24F3N5O4. The summed E-state index contributed by atoms with van der Waals surface area (Å²) in [5, 5.41) is 3.84. The molecule has 1 aromatic heterocycles. The van der Waals surface area contributed by atoms with Gasteiger partial charge in [-0.1, -0.05) is 17.3 Å². The largest absolute Gasteiger partial charge is 0.416 e. The van der Waals surface area contributed by atoms with E-state index in [1.807, 2.05) is 11.8 Å². The Morgan fingerprint density at radius 2 is 1.79 bits per heavy atom. The average Bonchev–Trinajstić information content (AvgIpc) is 3.44. The molecule has 2 aliphatic heterocycles. The van der Waals surface area contributed by atoms with Crippen molar-refractivity contribution in [3.8, 4) is 11.4 Å². The van der Waals surface area contributed by atoms with Crippen LogP contribution in [0.15, 0.2) is 28.8 Å². The molecule has 0 bridgehead atoms. The Morgan fingerprint density at radius 1 is 1.12 bits per heavy atom. The third kappa shape index (κ3) is 5.11. The summed E-state index contributed by atoms with van der Waals surface area (Å²) in [6.45, 7) is 3.95. The SMILES string of the molecule is CC(c1nc(-c2cccc(C(F)(F)F)c2)no1)N1CCN(C(=O)CCN2C(=O)CCC2=O)CC1. The zero-order valence-electron chi connectivity index (χ0n) is 18.5. The lowest BCUT2D eigenvalue weighted by Crippen LogP contribution is -2.49. The monoisotopic (exact) mass is 479 g/mol. The van der Waals surface area contributed by atoms with Crippen molar-refractivity contribution in [2.24, 2.45) is 0 Å². The van der Waals surface area contributed by atoms with Crippen LogP contribution in [0, 0.1) is 0 Å². The number of rotatable bonds is 6. The van der Waals surface area contributed by atoms with Crippen molar-refractivity contribution in [1.29, 1.82) is 0 Å². The number of benzene rings is 1. The number of halogens is 3. The molecule has 1 aromatic carbocycles. The van der Waals surface area contributed by atoms with Gasteiger partial charge in [0.2, 0.25) is 29.4 Å². The number of hydrogen-bond donors (Lipinski definition) is 0. The van der Waals surface area contributed by atoms with E-state index in [9.17, 15) is 27.6 Å². The molecule has 0 N–H and O–H groups in total. The summed E-state index contributed by atoms with van der Waals surface area (Å²) in [5.74, 6) is -0.239. The number of amides is 3. The van der Waals surface area contributed by atoms with Gasteiger partial charge in [0.15, 0.2) is 0 Å². The van der Waals surface area contributed by atoms with Crippen molar-refractivity contribution in [2.75, 3.05) is 32.7 Å². The quantitative estimate of drug-likeness (QED) is 0.587. The maximum atomic E-state index is 13.0. The Morgan fingerprint density at radius 3 is 2.44 bits per heavy atom. The molecular weight excluding hydrogens is 455 g/mol. The molecule has 34 heavy (non-hydrogen) atoms. The first-order valence-electron chi connectivity index (χ1n) is 11.0. The van der Waals surface area contributed by atoms with Crippen molar-refractivity contribution in [1.82, 2.24) is 24.8 Å². The minimum Gasteiger partial charge on any atom is -0.340 e. The minimum absolute atomic E-state index is 0.0766. The molecule has 9 nitrogen and oxygen atoms in total. The van der Waals surface area contributed by atoms with Crippen LogP contribution in [-0.2, 0) is 20.6 Å². The molecule has 4 rings (SSSR count). The van der Waals surface area contributed by atoms with E-state index in [1.54, 1.807) is 4.90 Å². The molecule has 3 amide bonds. The highest BCUT2D eigenvalue weighted by molar-refractivity contribution is 6.02. The van der Waals surface area contributed by atoms with E-state index in [2.05, 4.69) is 10.1 Å². The first-order valence-corrected chi connectivity index (χ1v) is 11.0. The number of carbonyl (C=O) groups excluding carboxylic acids is 3. The summed E-state index contributed by atoms with van der Waals surface area (Å²) in [6, 6.07) is 4.46. The summed E-state index contributed by atoms with van der Waals surface area (Å²) < 4.78 is 44.3. The van der Waals surface area contributed by atoms with E-state index in [0.29, 0.717) is 26.2 Å². The van der Waals surface area contributed by atoms with Gasteiger partial charge in [-0.15, -0.1) is 0 Å². The van der Waals surface area contributed by atoms with Gasteiger partial charge in [-0.3, -0.25) is 24.2 Å². The standard InChI is InChI=1S/C22H24F3N5O4/c1-14(21-26-20(27-34-21)15-3-2-4-16(13-15)22(23,24)25)28-9-11-29(12-10-28)17(31)7-8-30-18(32)5-6-19(30)33/h2-4,13-14H,5-12H2,1H3. The van der Waals surface area contributed by atoms with E-state index in [4.69, 9.17) is 4.52 Å². The summed E-state index contributed by atoms with van der Waals surface area (Å²) in [7, 11) is 0. The molecule has 2 saturated heterocycles. The van der Waals surface area contributed by atoms with Crippen molar-refractivity contribution in [2.45, 2.75) is 38.4 Å². The lowest BCUT2D eigenvalue weighted by Gasteiger charge is -2.37. The fourth-order valence-electron chi connectivity index (χ4n) is 4.11. The van der Waals surface area contributed by atoms with Crippen LogP contribution < -0.4 is 0 Å². The Labute approximate surface area is 193 Å². The normalized spacial score (nSPS) is 18.6. The summed E-state index contributed by atoms with van der Waals surface area (Å²) >= 11 is 0. The second kappa shape index (κ2) is 9.53. The average molecular weight is 479 g/mol. The summed E-state index contributed by atoms with van der Waals surface area (Å²) in [5.41, 5.74) is -0.578. The van der Waals surface area contributed by atoms with E-state index >= 15 is 0 Å². The second-order valence-corrected chi connectivity index (χ2v) is 8.32. The Balaban J connectivity index is 1.31. The molecule has 0 aliphatic carbocycles. The number of nitrogens with zero attached hydrogens (tertiary/aromatic N) is 5. The molecule has 2 aliphatic rings. The van der Waals surface area contributed by atoms with Crippen molar-refractivity contribution < 1.29 is 32.1 Å². The van der Waals surface area contributed by atoms with Crippen LogP contribution in [-0.4, -0.2) is 75.3 Å². The van der Waals surface area contributed by atoms with E-state index in [-0.39, 0.29) is 66.8 Å². The third-order valence-electron chi connectivity index (χ3n) is 6.17. The van der Waals surface area contributed by atoms with Crippen LogP contribution in [0.25, 0.3) is 11.4 Å². The predicted molar refractivity (Wildman–Crippen MR) is 112 cm³/mol. The Hall–Kier alpha value is -3.28. The molecule has 1 unspecified atom stereocenters. The summed E-state index contributed by atoms with van der Waals surface area (Å²) in [6.07, 6.45) is -3.97. The van der Waals surface area contributed by atoms with Gasteiger partial charge in [0.25, 0.3) is 0 Å². The number of aromatic nitrogens is 2. The van der Waals surface area contributed by atoms with Gasteiger partial charge in [0.05, 0.1) is 11.6 Å². The topological polar surface area (TPSA) is 99.8 Å². The van der Waals surface area contributed by atoms with E-state index in [0.717, 1.165) is 17.0 Å². The van der Waals surface area contributed by atoms with Crippen molar-refractivity contribution in [3.63, 3.8) is 0 Å². The Bertz CT molecular complexity index is 1060. The molecule has 1 atom stereocenters. The van der Waals surface area contributed by atoms with E-state index in [1.165, 1.54) is 12.1 Å². The highest BCUT2D eigenvalue weighted by Crippen LogP contribution is 2.32. The van der Waals surface area contributed by atoms with Gasteiger partial charge in [-0.05, 0) is 19.1 Å². The lowest BCUT2D eigenvalue weighted by molar-refractivity contribution is -0.140. The number of likely N-dealkylation sites (tertiary alicyclic amines) is 1. The van der Waals surface area contributed by atoms with Gasteiger partial charge in [0, 0.05) is 57.5 Å². The molecule has 0 spiro atoms. The zero-order valence-corrected chi connectivity index (χ0v) is 18.5. The van der Waals surface area contributed by atoms with Crippen LogP contribution in [0.1, 0.15) is 43.7 Å². The number of alkyl halides is 3. The summed E-state index contributed by atoms with van der Waals surface area (Å²) in [4.78, 5) is 45.0. The number of piperazine rings is 1. The maximum Gasteiger partial charge on any atom is 0.416 e. The lowest BCUT2D eigenvalue weighted by atomic mass is 10.1. The van der Waals surface area contributed by atoms with Gasteiger partial charge in [0.1, 0.15) is 0 Å². The molecule has 2 fully saturated rings. The van der Waals surface area contributed by atoms with Crippen LogP contribution in [0.2, 0.25) is 0 Å². The molecule has 182 valence electrons. The fourth-order valence-corrected chi connectivity index (χ4v) is 4.11. The number of carbonyl (C=O) groups is 3. The first-order chi connectivity index (χ1) is 16.1. The predicted octanol–water partition coefficient (Wildman–Crippen LogP) is 2.50. The van der Waals surface area contributed by atoms with Crippen LogP contribution in [0.3, 0.4) is 0 Å².